The van der Waals surface area contributed by atoms with Gasteiger partial charge in [-0.25, -0.2) is 4.79 Å². The molecular formula is C21H32ClN3O4Si. The molecule has 7 nitrogen and oxygen atoms in total. The minimum atomic E-state index is -0.857. The quantitative estimate of drug-likeness (QED) is 0.466. The molecule has 0 aliphatic rings. The Morgan fingerprint density at radius 2 is 1.87 bits per heavy atom. The Labute approximate surface area is 185 Å². The molecule has 0 amide bonds. The van der Waals surface area contributed by atoms with Crippen molar-refractivity contribution in [3.63, 3.8) is 0 Å². The topological polar surface area (TPSA) is 83.3 Å². The normalized spacial score (nSPS) is 14.1. The van der Waals surface area contributed by atoms with Crippen molar-refractivity contribution in [2.75, 3.05) is 6.61 Å². The fourth-order valence-electron chi connectivity index (χ4n) is 3.64. The molecule has 0 N–H and O–H groups in total. The van der Waals surface area contributed by atoms with Crippen LogP contribution in [0.15, 0.2) is 17.1 Å². The van der Waals surface area contributed by atoms with E-state index >= 15 is 0 Å². The molecule has 0 aliphatic heterocycles. The third kappa shape index (κ3) is 5.47. The average Bonchev–Trinajstić information content (AvgIpc) is 2.61. The van der Waals surface area contributed by atoms with Gasteiger partial charge in [-0.1, -0.05) is 46.2 Å². The van der Waals surface area contributed by atoms with Crippen molar-refractivity contribution in [1.82, 2.24) is 14.8 Å². The third-order valence-electron chi connectivity index (χ3n) is 4.76. The molecule has 2 aromatic rings. The molecule has 2 aromatic heterocycles. The maximum atomic E-state index is 13.0. The molecule has 30 heavy (non-hydrogen) atoms. The van der Waals surface area contributed by atoms with Gasteiger partial charge in [0, 0.05) is 6.20 Å². The summed E-state index contributed by atoms with van der Waals surface area (Å²) in [6.45, 7) is 16.6. The van der Waals surface area contributed by atoms with E-state index in [2.05, 4.69) is 44.8 Å². The lowest BCUT2D eigenvalue weighted by atomic mass is 9.88. The van der Waals surface area contributed by atoms with E-state index in [0.29, 0.717) is 5.65 Å². The number of hydrogen-bond donors (Lipinski definition) is 0. The highest BCUT2D eigenvalue weighted by Crippen LogP contribution is 2.36. The maximum absolute atomic E-state index is 13.0. The number of pyridine rings is 1. The minimum Gasteiger partial charge on any atom is -0.462 e. The van der Waals surface area contributed by atoms with Crippen LogP contribution in [0.4, 0.5) is 0 Å². The number of rotatable bonds is 7. The number of halogens is 1. The van der Waals surface area contributed by atoms with Gasteiger partial charge < -0.3 is 13.7 Å². The van der Waals surface area contributed by atoms with E-state index < -0.39 is 26.8 Å². The van der Waals surface area contributed by atoms with Gasteiger partial charge in [0.1, 0.15) is 5.56 Å². The van der Waals surface area contributed by atoms with Crippen LogP contribution in [0.3, 0.4) is 0 Å². The fraction of sp³-hybridized carbons (Fsp3) is 0.619. The number of aromatic nitrogens is 3. The molecule has 166 valence electrons. The number of ether oxygens (including phenoxy) is 1. The first-order valence-electron chi connectivity index (χ1n) is 10.2. The maximum Gasteiger partial charge on any atom is 0.343 e. The molecule has 0 saturated carbocycles. The Morgan fingerprint density at radius 1 is 1.23 bits per heavy atom. The highest BCUT2D eigenvalue weighted by Gasteiger charge is 2.37. The number of esters is 1. The lowest BCUT2D eigenvalue weighted by Crippen LogP contribution is -2.42. The van der Waals surface area contributed by atoms with Crippen LogP contribution in [0.2, 0.25) is 10.2 Å². The van der Waals surface area contributed by atoms with Gasteiger partial charge in [0.05, 0.1) is 23.6 Å². The largest absolute Gasteiger partial charge is 0.462 e. The number of hydrogen-bond acceptors (Lipinski definition) is 6. The van der Waals surface area contributed by atoms with E-state index in [4.69, 9.17) is 20.8 Å². The zero-order valence-corrected chi connectivity index (χ0v) is 21.2. The lowest BCUT2D eigenvalue weighted by Gasteiger charge is -2.41. The van der Waals surface area contributed by atoms with Gasteiger partial charge in [-0.15, -0.1) is 10.2 Å². The summed E-state index contributed by atoms with van der Waals surface area (Å²) in [5, 5.41) is 8.57. The molecule has 0 unspecified atom stereocenters. The smallest absolute Gasteiger partial charge is 0.343 e. The molecule has 0 fully saturated rings. The molecule has 9 heteroatoms. The van der Waals surface area contributed by atoms with Gasteiger partial charge in [-0.3, -0.25) is 4.79 Å². The lowest BCUT2D eigenvalue weighted by molar-refractivity contribution is 0.0284. The second-order valence-electron chi connectivity index (χ2n) is 9.55. The van der Waals surface area contributed by atoms with Crippen molar-refractivity contribution in [3.8, 4) is 0 Å². The minimum absolute atomic E-state index is 0.0528. The molecule has 0 aromatic carbocycles. The van der Waals surface area contributed by atoms with E-state index in [1.54, 1.807) is 6.92 Å². The Kier molecular flexibility index (Phi) is 7.48. The first kappa shape index (κ1) is 24.5. The van der Waals surface area contributed by atoms with Crippen LogP contribution in [0.1, 0.15) is 71.8 Å². The van der Waals surface area contributed by atoms with E-state index in [9.17, 15) is 9.59 Å². The third-order valence-corrected chi connectivity index (χ3v) is 6.70. The summed E-state index contributed by atoms with van der Waals surface area (Å²) in [5.74, 6) is -0.552. The van der Waals surface area contributed by atoms with E-state index in [-0.39, 0.29) is 39.7 Å². The molecule has 0 saturated heterocycles. The Balaban J connectivity index is 2.76. The van der Waals surface area contributed by atoms with Crippen LogP contribution >= 0.6 is 11.6 Å². The Hall–Kier alpha value is -1.77. The molecule has 0 bridgehead atoms. The summed E-state index contributed by atoms with van der Waals surface area (Å²) < 4.78 is 13.4. The first-order chi connectivity index (χ1) is 13.8. The predicted molar refractivity (Wildman–Crippen MR) is 122 cm³/mol. The van der Waals surface area contributed by atoms with Crippen LogP contribution in [-0.2, 0) is 9.16 Å². The van der Waals surface area contributed by atoms with E-state index in [1.807, 2.05) is 18.4 Å². The van der Waals surface area contributed by atoms with Crippen LogP contribution in [0.5, 0.6) is 0 Å². The molecule has 2 rings (SSSR count). The highest BCUT2D eigenvalue weighted by atomic mass is 35.5. The summed E-state index contributed by atoms with van der Waals surface area (Å²) in [4.78, 5) is 25.5. The monoisotopic (exact) mass is 453 g/mol. The van der Waals surface area contributed by atoms with Crippen molar-refractivity contribution in [1.29, 1.82) is 0 Å². The summed E-state index contributed by atoms with van der Waals surface area (Å²) in [7, 11) is -0.857. The predicted octanol–water partition coefficient (Wildman–Crippen LogP) is 3.92. The Morgan fingerprint density at radius 3 is 2.40 bits per heavy atom. The molecule has 0 spiro atoms. The van der Waals surface area contributed by atoms with Crippen molar-refractivity contribution in [2.24, 2.45) is 5.92 Å². The number of carbonyl (C=O) groups excluding carboxylic acids is 1. The van der Waals surface area contributed by atoms with Crippen LogP contribution in [0, 0.1) is 5.92 Å². The fourth-order valence-corrected chi connectivity index (χ4v) is 4.76. The van der Waals surface area contributed by atoms with Gasteiger partial charge in [0.25, 0.3) is 0 Å². The molecule has 2 heterocycles. The Bertz CT molecular complexity index is 983. The van der Waals surface area contributed by atoms with Crippen molar-refractivity contribution in [2.45, 2.75) is 72.1 Å². The van der Waals surface area contributed by atoms with E-state index in [1.165, 1.54) is 12.3 Å². The molecule has 0 aliphatic carbocycles. The summed E-state index contributed by atoms with van der Waals surface area (Å²) in [5.41, 5.74) is -0.724. The van der Waals surface area contributed by atoms with Gasteiger partial charge >= 0.3 is 5.97 Å². The van der Waals surface area contributed by atoms with Crippen molar-refractivity contribution in [3.05, 3.63) is 33.2 Å². The second-order valence-corrected chi connectivity index (χ2v) is 12.6. The van der Waals surface area contributed by atoms with Gasteiger partial charge in [0.2, 0.25) is 5.43 Å². The first-order valence-corrected chi connectivity index (χ1v) is 11.8. The van der Waals surface area contributed by atoms with E-state index in [0.717, 1.165) is 0 Å². The van der Waals surface area contributed by atoms with Crippen LogP contribution in [0.25, 0.3) is 11.0 Å². The average molecular weight is 454 g/mol. The van der Waals surface area contributed by atoms with Crippen LogP contribution < -0.4 is 5.43 Å². The summed E-state index contributed by atoms with van der Waals surface area (Å²) >= 11 is 6.01. The van der Waals surface area contributed by atoms with Gasteiger partial charge in [0.15, 0.2) is 20.6 Å². The number of fused-ring (bicyclic) bond motifs is 1. The SMILES string of the molecule is CCOC(=O)c1cn([C@@H](C(C)C)C(C)(C)O[SiH2]C(C)(C)C)c2nnc(Cl)cc2c1=O. The van der Waals surface area contributed by atoms with Crippen molar-refractivity contribution < 1.29 is 14.0 Å². The summed E-state index contributed by atoms with van der Waals surface area (Å²) in [6, 6.07) is 1.24. The standard InChI is InChI=1S/C21H32ClN3O4Si/c1-9-28-19(27)14-11-25(18-13(16(14)26)10-15(22)23-24-18)17(12(2)3)21(7,8)29-30-20(4,5)6/h10-12,17H,9,30H2,1-8H3/t17-/m0/s1. The van der Waals surface area contributed by atoms with Gasteiger partial charge in [-0.05, 0) is 37.8 Å². The molecule has 1 atom stereocenters. The van der Waals surface area contributed by atoms with Crippen LogP contribution in [-0.4, -0.2) is 42.7 Å². The zero-order valence-electron chi connectivity index (χ0n) is 19.1. The number of carbonyl (C=O) groups is 1. The highest BCUT2D eigenvalue weighted by molar-refractivity contribution is 6.31. The molecular weight excluding hydrogens is 422 g/mol. The molecule has 0 radical (unpaired) electrons. The second kappa shape index (κ2) is 9.16. The zero-order chi connectivity index (χ0) is 22.9. The summed E-state index contributed by atoms with van der Waals surface area (Å²) in [6.07, 6.45) is 1.53. The van der Waals surface area contributed by atoms with Gasteiger partial charge in [-0.2, -0.15) is 0 Å². The number of nitrogens with zero attached hydrogens (tertiary/aromatic N) is 3. The van der Waals surface area contributed by atoms with Crippen molar-refractivity contribution >= 4 is 38.4 Å².